The van der Waals surface area contributed by atoms with E-state index in [1.165, 1.54) is 0 Å². The van der Waals surface area contributed by atoms with Gasteiger partial charge in [0.2, 0.25) is 0 Å². The molecule has 8 nitrogen and oxygen atoms in total. The van der Waals surface area contributed by atoms with Crippen LogP contribution in [0.5, 0.6) is 0 Å². The van der Waals surface area contributed by atoms with Crippen LogP contribution in [0.1, 0.15) is 74.0 Å². The SMILES string of the molecule is Cc1nc(NC2CCC(NC(=O)c3cc(C(C)(C)C)nn3Cc3ccc(Cl)cc3Cl)CC2)cc(N(C)C)n1. The maximum absolute atomic E-state index is 13.5. The van der Waals surface area contributed by atoms with Crippen molar-refractivity contribution in [1.82, 2.24) is 25.1 Å². The monoisotopic (exact) mass is 557 g/mol. The van der Waals surface area contributed by atoms with Crippen molar-refractivity contribution >= 4 is 40.7 Å². The maximum atomic E-state index is 13.5. The molecule has 0 radical (unpaired) electrons. The first kappa shape index (κ1) is 28.2. The summed E-state index contributed by atoms with van der Waals surface area (Å²) in [6.07, 6.45) is 3.66. The number of hydrogen-bond acceptors (Lipinski definition) is 6. The number of aromatic nitrogens is 4. The standard InChI is InChI=1S/C28H37Cl2N7O/c1-17-31-25(15-26(32-17)36(5)6)33-20-9-11-21(12-10-20)34-27(38)23-14-24(28(2,3)4)35-37(23)16-18-7-8-19(29)13-22(18)30/h7-8,13-15,20-21H,9-12,16H2,1-6H3,(H,34,38)(H,31,32,33). The van der Waals surface area contributed by atoms with Crippen LogP contribution in [0.4, 0.5) is 11.6 Å². The first-order chi connectivity index (χ1) is 17.9. The highest BCUT2D eigenvalue weighted by Gasteiger charge is 2.27. The Bertz CT molecular complexity index is 1290. The van der Waals surface area contributed by atoms with Gasteiger partial charge in [-0.15, -0.1) is 0 Å². The predicted molar refractivity (Wildman–Crippen MR) is 155 cm³/mol. The molecule has 0 saturated heterocycles. The lowest BCUT2D eigenvalue weighted by molar-refractivity contribution is 0.0916. The summed E-state index contributed by atoms with van der Waals surface area (Å²) in [6.45, 7) is 8.56. The largest absolute Gasteiger partial charge is 0.367 e. The van der Waals surface area contributed by atoms with Gasteiger partial charge in [0.05, 0.1) is 12.2 Å². The van der Waals surface area contributed by atoms with Crippen LogP contribution in [0.2, 0.25) is 10.0 Å². The van der Waals surface area contributed by atoms with E-state index in [1.807, 2.05) is 44.1 Å². The van der Waals surface area contributed by atoms with Gasteiger partial charge in [0.1, 0.15) is 23.2 Å². The van der Waals surface area contributed by atoms with E-state index in [-0.39, 0.29) is 17.4 Å². The molecule has 2 aromatic heterocycles. The van der Waals surface area contributed by atoms with Gasteiger partial charge in [0.25, 0.3) is 5.91 Å². The van der Waals surface area contributed by atoms with E-state index in [9.17, 15) is 4.79 Å². The average molecular weight is 559 g/mol. The average Bonchev–Trinajstić information content (AvgIpc) is 3.26. The van der Waals surface area contributed by atoms with Crippen LogP contribution in [-0.4, -0.2) is 51.8 Å². The van der Waals surface area contributed by atoms with Crippen LogP contribution in [-0.2, 0) is 12.0 Å². The molecule has 1 saturated carbocycles. The number of anilines is 2. The van der Waals surface area contributed by atoms with Crippen molar-refractivity contribution < 1.29 is 4.79 Å². The Hall–Kier alpha value is -2.84. The summed E-state index contributed by atoms with van der Waals surface area (Å²) in [5.41, 5.74) is 2.06. The second kappa shape index (κ2) is 11.5. The Morgan fingerprint density at radius 1 is 1.05 bits per heavy atom. The molecule has 3 aromatic rings. The molecule has 1 aliphatic carbocycles. The van der Waals surface area contributed by atoms with E-state index < -0.39 is 0 Å². The first-order valence-corrected chi connectivity index (χ1v) is 13.8. The molecule has 0 bridgehead atoms. The predicted octanol–water partition coefficient (Wildman–Crippen LogP) is 5.85. The summed E-state index contributed by atoms with van der Waals surface area (Å²) >= 11 is 12.5. The minimum Gasteiger partial charge on any atom is -0.367 e. The Morgan fingerprint density at radius 3 is 2.37 bits per heavy atom. The quantitative estimate of drug-likeness (QED) is 0.378. The molecule has 1 amide bonds. The molecule has 0 spiro atoms. The summed E-state index contributed by atoms with van der Waals surface area (Å²) in [7, 11) is 3.94. The van der Waals surface area contributed by atoms with E-state index in [0.29, 0.717) is 28.3 Å². The second-order valence-corrected chi connectivity index (χ2v) is 12.1. The number of carbonyl (C=O) groups excluding carboxylic acids is 1. The number of benzene rings is 1. The lowest BCUT2D eigenvalue weighted by Gasteiger charge is -2.30. The van der Waals surface area contributed by atoms with Crippen LogP contribution in [0.25, 0.3) is 0 Å². The molecule has 1 fully saturated rings. The van der Waals surface area contributed by atoms with Gasteiger partial charge in [-0.25, -0.2) is 9.97 Å². The number of nitrogens with one attached hydrogen (secondary N) is 2. The summed E-state index contributed by atoms with van der Waals surface area (Å²) in [6, 6.07) is 9.66. The molecule has 0 atom stereocenters. The van der Waals surface area contributed by atoms with Crippen molar-refractivity contribution in [2.45, 2.75) is 77.4 Å². The summed E-state index contributed by atoms with van der Waals surface area (Å²) in [4.78, 5) is 24.4. The van der Waals surface area contributed by atoms with E-state index in [1.54, 1.807) is 16.8 Å². The zero-order valence-electron chi connectivity index (χ0n) is 23.0. The fraction of sp³-hybridized carbons (Fsp3) is 0.500. The topological polar surface area (TPSA) is 88.0 Å². The second-order valence-electron chi connectivity index (χ2n) is 11.3. The Labute approximate surface area is 235 Å². The number of rotatable bonds is 7. The van der Waals surface area contributed by atoms with Crippen LogP contribution < -0.4 is 15.5 Å². The van der Waals surface area contributed by atoms with Crippen molar-refractivity contribution in [3.05, 3.63) is 63.2 Å². The van der Waals surface area contributed by atoms with Crippen molar-refractivity contribution in [3.8, 4) is 0 Å². The minimum atomic E-state index is -0.195. The first-order valence-electron chi connectivity index (χ1n) is 13.0. The third-order valence-electron chi connectivity index (χ3n) is 6.81. The summed E-state index contributed by atoms with van der Waals surface area (Å²) < 4.78 is 1.75. The van der Waals surface area contributed by atoms with Gasteiger partial charge in [0, 0.05) is 47.7 Å². The van der Waals surface area contributed by atoms with Gasteiger partial charge >= 0.3 is 0 Å². The van der Waals surface area contributed by atoms with Gasteiger partial charge in [-0.1, -0.05) is 50.0 Å². The zero-order chi connectivity index (χ0) is 27.6. The molecular formula is C28H37Cl2N7O. The van der Waals surface area contributed by atoms with Gasteiger partial charge in [-0.3, -0.25) is 9.48 Å². The third kappa shape index (κ3) is 6.97. The molecular weight excluding hydrogens is 521 g/mol. The van der Waals surface area contributed by atoms with Gasteiger partial charge in [-0.05, 0) is 56.4 Å². The van der Waals surface area contributed by atoms with Crippen LogP contribution in [0.3, 0.4) is 0 Å². The Kier molecular flexibility index (Phi) is 8.52. The Morgan fingerprint density at radius 2 is 1.74 bits per heavy atom. The Balaban J connectivity index is 1.42. The van der Waals surface area contributed by atoms with Crippen LogP contribution in [0.15, 0.2) is 30.3 Å². The number of aryl methyl sites for hydroxylation is 1. The summed E-state index contributed by atoms with van der Waals surface area (Å²) in [5, 5.41) is 12.7. The summed E-state index contributed by atoms with van der Waals surface area (Å²) in [5.74, 6) is 2.35. The fourth-order valence-electron chi connectivity index (χ4n) is 4.60. The van der Waals surface area contributed by atoms with Gasteiger partial charge < -0.3 is 15.5 Å². The molecule has 2 N–H and O–H groups in total. The van der Waals surface area contributed by atoms with Crippen LogP contribution in [0, 0.1) is 6.92 Å². The lowest BCUT2D eigenvalue weighted by atomic mass is 9.90. The zero-order valence-corrected chi connectivity index (χ0v) is 24.5. The molecule has 10 heteroatoms. The molecule has 0 aliphatic heterocycles. The van der Waals surface area contributed by atoms with E-state index in [0.717, 1.165) is 54.4 Å². The molecule has 38 heavy (non-hydrogen) atoms. The van der Waals surface area contributed by atoms with Gasteiger partial charge in [-0.2, -0.15) is 5.10 Å². The van der Waals surface area contributed by atoms with E-state index in [2.05, 4.69) is 41.4 Å². The third-order valence-corrected chi connectivity index (χ3v) is 7.40. The van der Waals surface area contributed by atoms with Gasteiger partial charge in [0.15, 0.2) is 0 Å². The molecule has 2 heterocycles. The normalized spacial score (nSPS) is 17.8. The number of nitrogens with zero attached hydrogens (tertiary/aromatic N) is 5. The molecule has 204 valence electrons. The highest BCUT2D eigenvalue weighted by molar-refractivity contribution is 6.35. The van der Waals surface area contributed by atoms with Crippen molar-refractivity contribution in [2.24, 2.45) is 0 Å². The molecule has 0 unspecified atom stereocenters. The number of hydrogen-bond donors (Lipinski definition) is 2. The number of halogens is 2. The van der Waals surface area contributed by atoms with Crippen molar-refractivity contribution in [2.75, 3.05) is 24.3 Å². The van der Waals surface area contributed by atoms with E-state index >= 15 is 0 Å². The number of carbonyl (C=O) groups is 1. The number of amides is 1. The van der Waals surface area contributed by atoms with Crippen molar-refractivity contribution in [3.63, 3.8) is 0 Å². The fourth-order valence-corrected chi connectivity index (χ4v) is 5.07. The highest BCUT2D eigenvalue weighted by Crippen LogP contribution is 2.27. The smallest absolute Gasteiger partial charge is 0.269 e. The lowest BCUT2D eigenvalue weighted by Crippen LogP contribution is -2.41. The molecule has 1 aliphatic rings. The highest BCUT2D eigenvalue weighted by atomic mass is 35.5. The minimum absolute atomic E-state index is 0.102. The molecule has 1 aromatic carbocycles. The molecule has 4 rings (SSSR count). The maximum Gasteiger partial charge on any atom is 0.269 e. The van der Waals surface area contributed by atoms with Crippen molar-refractivity contribution in [1.29, 1.82) is 0 Å². The van der Waals surface area contributed by atoms with E-state index in [4.69, 9.17) is 28.3 Å². The van der Waals surface area contributed by atoms with Crippen LogP contribution >= 0.6 is 23.2 Å².